The lowest BCUT2D eigenvalue weighted by atomic mass is 10.00. The highest BCUT2D eigenvalue weighted by molar-refractivity contribution is 7.18. The van der Waals surface area contributed by atoms with Gasteiger partial charge in [-0.15, -0.1) is 11.3 Å². The molecule has 1 aromatic rings. The number of rotatable bonds is 4. The molecule has 1 aliphatic heterocycles. The highest BCUT2D eigenvalue weighted by atomic mass is 35.5. The van der Waals surface area contributed by atoms with Crippen molar-refractivity contribution in [1.29, 1.82) is 0 Å². The number of carbonyl (C=O) groups is 3. The SMILES string of the molecule is CCC1CC2C(=O)N(CC(=O)c3ccc(Cl)s3)C(=O)C2C1. The molecule has 6 heteroatoms. The number of nitrogens with zero attached hydrogens (tertiary/aromatic N) is 1. The summed E-state index contributed by atoms with van der Waals surface area (Å²) in [7, 11) is 0. The van der Waals surface area contributed by atoms with Crippen LogP contribution in [0.2, 0.25) is 4.34 Å². The van der Waals surface area contributed by atoms with E-state index < -0.39 is 0 Å². The minimum absolute atomic E-state index is 0.154. The second kappa shape index (κ2) is 5.54. The van der Waals surface area contributed by atoms with Crippen LogP contribution >= 0.6 is 22.9 Å². The van der Waals surface area contributed by atoms with Gasteiger partial charge < -0.3 is 0 Å². The molecule has 21 heavy (non-hydrogen) atoms. The zero-order valence-electron chi connectivity index (χ0n) is 11.7. The van der Waals surface area contributed by atoms with E-state index in [0.717, 1.165) is 24.2 Å². The largest absolute Gasteiger partial charge is 0.291 e. The molecule has 4 nitrogen and oxygen atoms in total. The highest BCUT2D eigenvalue weighted by Crippen LogP contribution is 2.44. The van der Waals surface area contributed by atoms with Crippen molar-refractivity contribution in [3.8, 4) is 0 Å². The lowest BCUT2D eigenvalue weighted by Gasteiger charge is -2.16. The number of halogens is 1. The normalized spacial score (nSPS) is 28.3. The Morgan fingerprint density at radius 3 is 2.38 bits per heavy atom. The molecule has 112 valence electrons. The Labute approximate surface area is 132 Å². The van der Waals surface area contributed by atoms with Gasteiger partial charge in [-0.2, -0.15) is 0 Å². The molecular weight excluding hydrogens is 310 g/mol. The molecule has 1 saturated carbocycles. The number of hydrogen-bond donors (Lipinski definition) is 0. The van der Waals surface area contributed by atoms with Crippen LogP contribution in [0.4, 0.5) is 0 Å². The second-order valence-corrected chi connectivity index (χ2v) is 7.46. The van der Waals surface area contributed by atoms with E-state index in [0.29, 0.717) is 15.1 Å². The van der Waals surface area contributed by atoms with E-state index in [2.05, 4.69) is 6.92 Å². The molecular formula is C15H16ClNO3S. The van der Waals surface area contributed by atoms with Crippen molar-refractivity contribution in [1.82, 2.24) is 4.90 Å². The summed E-state index contributed by atoms with van der Waals surface area (Å²) < 4.78 is 0.528. The van der Waals surface area contributed by atoms with E-state index in [4.69, 9.17) is 11.6 Å². The highest BCUT2D eigenvalue weighted by Gasteiger charge is 2.52. The van der Waals surface area contributed by atoms with Crippen LogP contribution in [0.3, 0.4) is 0 Å². The summed E-state index contributed by atoms with van der Waals surface area (Å²) in [5.41, 5.74) is 0. The average molecular weight is 326 g/mol. The Bertz CT molecular complexity index is 588. The minimum Gasteiger partial charge on any atom is -0.291 e. The minimum atomic E-state index is -0.222. The van der Waals surface area contributed by atoms with Gasteiger partial charge in [0.1, 0.15) is 0 Å². The van der Waals surface area contributed by atoms with Crippen molar-refractivity contribution >= 4 is 40.5 Å². The Morgan fingerprint density at radius 2 is 1.90 bits per heavy atom. The Hall–Kier alpha value is -1.20. The van der Waals surface area contributed by atoms with Crippen molar-refractivity contribution in [3.63, 3.8) is 0 Å². The summed E-state index contributed by atoms with van der Waals surface area (Å²) in [5.74, 6) is -0.513. The molecule has 0 spiro atoms. The lowest BCUT2D eigenvalue weighted by Crippen LogP contribution is -2.36. The van der Waals surface area contributed by atoms with Crippen LogP contribution in [0.15, 0.2) is 12.1 Å². The number of hydrogen-bond acceptors (Lipinski definition) is 4. The maximum atomic E-state index is 12.4. The van der Waals surface area contributed by atoms with E-state index in [-0.39, 0.29) is 36.0 Å². The van der Waals surface area contributed by atoms with Crippen LogP contribution in [0, 0.1) is 17.8 Å². The standard InChI is InChI=1S/C15H16ClNO3S/c1-2-8-5-9-10(6-8)15(20)17(14(9)19)7-11(18)12-3-4-13(16)21-12/h3-4,8-10H,2,5-7H2,1H3. The van der Waals surface area contributed by atoms with Crippen molar-refractivity contribution in [3.05, 3.63) is 21.3 Å². The quantitative estimate of drug-likeness (QED) is 0.631. The monoisotopic (exact) mass is 325 g/mol. The summed E-state index contributed by atoms with van der Waals surface area (Å²) in [5, 5.41) is 0. The van der Waals surface area contributed by atoms with E-state index in [1.54, 1.807) is 12.1 Å². The molecule has 1 aromatic heterocycles. The zero-order chi connectivity index (χ0) is 15.1. The van der Waals surface area contributed by atoms with Crippen molar-refractivity contribution in [2.45, 2.75) is 26.2 Å². The Balaban J connectivity index is 1.72. The van der Waals surface area contributed by atoms with Crippen molar-refractivity contribution in [2.75, 3.05) is 6.54 Å². The van der Waals surface area contributed by atoms with Gasteiger partial charge in [0.25, 0.3) is 0 Å². The number of fused-ring (bicyclic) bond motifs is 1. The van der Waals surface area contributed by atoms with Gasteiger partial charge in [0, 0.05) is 0 Å². The first-order chi connectivity index (χ1) is 10.0. The van der Waals surface area contributed by atoms with Gasteiger partial charge in [-0.05, 0) is 30.9 Å². The average Bonchev–Trinajstić information content (AvgIpc) is 3.13. The van der Waals surface area contributed by atoms with Crippen molar-refractivity contribution < 1.29 is 14.4 Å². The van der Waals surface area contributed by atoms with Crippen LogP contribution < -0.4 is 0 Å². The zero-order valence-corrected chi connectivity index (χ0v) is 13.2. The number of amides is 2. The predicted molar refractivity (Wildman–Crippen MR) is 80.4 cm³/mol. The fourth-order valence-corrected chi connectivity index (χ4v) is 4.35. The van der Waals surface area contributed by atoms with Crippen LogP contribution in [0.1, 0.15) is 35.9 Å². The topological polar surface area (TPSA) is 54.5 Å². The Kier molecular flexibility index (Phi) is 3.88. The second-order valence-electron chi connectivity index (χ2n) is 5.75. The summed E-state index contributed by atoms with van der Waals surface area (Å²) in [6.45, 7) is 1.93. The smallest absolute Gasteiger partial charge is 0.233 e. The fourth-order valence-electron chi connectivity index (χ4n) is 3.37. The predicted octanol–water partition coefficient (Wildman–Crippen LogP) is 3.01. The lowest BCUT2D eigenvalue weighted by molar-refractivity contribution is -0.139. The number of thiophene rings is 1. The molecule has 2 heterocycles. The molecule has 0 bridgehead atoms. The molecule has 0 radical (unpaired) electrons. The van der Waals surface area contributed by atoms with Crippen LogP contribution in [0.25, 0.3) is 0 Å². The first kappa shape index (κ1) is 14.7. The molecule has 3 rings (SSSR count). The van der Waals surface area contributed by atoms with Crippen LogP contribution in [-0.4, -0.2) is 29.0 Å². The van der Waals surface area contributed by atoms with Gasteiger partial charge in [-0.1, -0.05) is 24.9 Å². The molecule has 1 saturated heterocycles. The van der Waals surface area contributed by atoms with Gasteiger partial charge >= 0.3 is 0 Å². The molecule has 0 N–H and O–H groups in total. The summed E-state index contributed by atoms with van der Waals surface area (Å²) in [4.78, 5) is 38.5. The van der Waals surface area contributed by atoms with Gasteiger partial charge in [0.05, 0.1) is 27.6 Å². The third kappa shape index (κ3) is 2.53. The number of Topliss-reactive ketones (excluding diaryl/α,β-unsaturated/α-hetero) is 1. The maximum absolute atomic E-state index is 12.4. The molecule has 2 fully saturated rings. The van der Waals surface area contributed by atoms with Crippen molar-refractivity contribution in [2.24, 2.45) is 17.8 Å². The molecule has 0 aromatic carbocycles. The first-order valence-electron chi connectivity index (χ1n) is 7.15. The number of imide groups is 1. The van der Waals surface area contributed by atoms with Gasteiger partial charge in [-0.25, -0.2) is 0 Å². The number of carbonyl (C=O) groups excluding carboxylic acids is 3. The molecule has 2 unspecified atom stereocenters. The molecule has 2 atom stereocenters. The Morgan fingerprint density at radius 1 is 1.29 bits per heavy atom. The van der Waals surface area contributed by atoms with Gasteiger partial charge in [0.15, 0.2) is 5.78 Å². The molecule has 1 aliphatic carbocycles. The number of ketones is 1. The van der Waals surface area contributed by atoms with E-state index in [1.807, 2.05) is 0 Å². The van der Waals surface area contributed by atoms with Gasteiger partial charge in [0.2, 0.25) is 11.8 Å². The summed E-state index contributed by atoms with van der Waals surface area (Å²) >= 11 is 6.98. The third-order valence-electron chi connectivity index (χ3n) is 4.55. The summed E-state index contributed by atoms with van der Waals surface area (Å²) in [6.07, 6.45) is 2.56. The first-order valence-corrected chi connectivity index (χ1v) is 8.34. The molecule has 2 amide bonds. The summed E-state index contributed by atoms with van der Waals surface area (Å²) in [6, 6.07) is 3.28. The fraction of sp³-hybridized carbons (Fsp3) is 0.533. The van der Waals surface area contributed by atoms with Crippen LogP contribution in [-0.2, 0) is 9.59 Å². The van der Waals surface area contributed by atoms with E-state index in [1.165, 1.54) is 11.3 Å². The van der Waals surface area contributed by atoms with E-state index in [9.17, 15) is 14.4 Å². The van der Waals surface area contributed by atoms with Gasteiger partial charge in [-0.3, -0.25) is 19.3 Å². The van der Waals surface area contributed by atoms with Crippen LogP contribution in [0.5, 0.6) is 0 Å². The maximum Gasteiger partial charge on any atom is 0.233 e. The number of likely N-dealkylation sites (tertiary alicyclic amines) is 1. The third-order valence-corrected chi connectivity index (χ3v) is 5.83. The molecule has 2 aliphatic rings. The van der Waals surface area contributed by atoms with E-state index >= 15 is 0 Å².